The molecule has 0 fully saturated rings. The van der Waals surface area contributed by atoms with Gasteiger partial charge in [0, 0.05) is 6.61 Å². The van der Waals surface area contributed by atoms with Gasteiger partial charge in [0.2, 0.25) is 0 Å². The first-order valence-corrected chi connectivity index (χ1v) is 14.2. The van der Waals surface area contributed by atoms with Gasteiger partial charge in [-0.05, 0) is 36.3 Å². The van der Waals surface area contributed by atoms with Crippen LogP contribution in [0.2, 0.25) is 31.2 Å². The van der Waals surface area contributed by atoms with Crippen molar-refractivity contribution in [3.63, 3.8) is 0 Å². The zero-order valence-corrected chi connectivity index (χ0v) is 17.4. The van der Waals surface area contributed by atoms with Crippen LogP contribution in [0.5, 0.6) is 0 Å². The van der Waals surface area contributed by atoms with Crippen molar-refractivity contribution in [2.75, 3.05) is 6.61 Å². The van der Waals surface area contributed by atoms with E-state index in [9.17, 15) is 0 Å². The summed E-state index contributed by atoms with van der Waals surface area (Å²) in [5.41, 5.74) is 5.68. The molecule has 3 heteroatoms. The van der Waals surface area contributed by atoms with Gasteiger partial charge in [-0.3, -0.25) is 0 Å². The van der Waals surface area contributed by atoms with Crippen molar-refractivity contribution in [2.24, 2.45) is 0 Å². The Morgan fingerprint density at radius 1 is 1.05 bits per heavy atom. The Morgan fingerprint density at radius 2 is 1.64 bits per heavy atom. The molecule has 0 unspecified atom stereocenters. The Bertz CT molecular complexity index is 518. The predicted octanol–water partition coefficient (Wildman–Crippen LogP) is 5.26. The molecule has 0 aliphatic rings. The summed E-state index contributed by atoms with van der Waals surface area (Å²) >= 11 is 0. The van der Waals surface area contributed by atoms with E-state index < -0.39 is 16.4 Å². The molecule has 0 saturated heterocycles. The first-order valence-electron chi connectivity index (χ1n) is 8.18. The van der Waals surface area contributed by atoms with Crippen LogP contribution in [0.3, 0.4) is 0 Å². The first kappa shape index (κ1) is 19.2. The lowest BCUT2D eigenvalue weighted by Crippen LogP contribution is -2.40. The van der Waals surface area contributed by atoms with Gasteiger partial charge < -0.3 is 4.43 Å². The standard InChI is InChI=1S/C19H32OSi2/c1-19(2,3)22(6,7)20-16-12-9-13-17-21(4,5)18-14-10-8-11-15-18/h8-11,14-15,17H,12,16H2,1-7H3. The summed E-state index contributed by atoms with van der Waals surface area (Å²) in [4.78, 5) is 0. The molecule has 0 bridgehead atoms. The van der Waals surface area contributed by atoms with Crippen LogP contribution in [0.4, 0.5) is 0 Å². The molecule has 1 aromatic carbocycles. The van der Waals surface area contributed by atoms with Crippen LogP contribution in [0, 0.1) is 0 Å². The maximum Gasteiger partial charge on any atom is 0.191 e. The molecule has 0 aliphatic carbocycles. The van der Waals surface area contributed by atoms with E-state index >= 15 is 0 Å². The molecule has 22 heavy (non-hydrogen) atoms. The highest BCUT2D eigenvalue weighted by atomic mass is 28.4. The molecule has 1 aromatic rings. The number of hydrogen-bond donors (Lipinski definition) is 0. The Kier molecular flexibility index (Phi) is 6.63. The van der Waals surface area contributed by atoms with E-state index in [2.05, 4.69) is 94.8 Å². The molecule has 0 spiro atoms. The predicted molar refractivity (Wildman–Crippen MR) is 104 cm³/mol. The molecular weight excluding hydrogens is 300 g/mol. The van der Waals surface area contributed by atoms with Gasteiger partial charge in [0.1, 0.15) is 8.07 Å². The molecule has 0 aromatic heterocycles. The maximum absolute atomic E-state index is 6.18. The second kappa shape index (κ2) is 7.60. The second-order valence-corrected chi connectivity index (χ2v) is 17.1. The molecule has 0 aliphatic heterocycles. The smallest absolute Gasteiger partial charge is 0.191 e. The van der Waals surface area contributed by atoms with Crippen molar-refractivity contribution in [3.8, 4) is 0 Å². The highest BCUT2D eigenvalue weighted by Crippen LogP contribution is 2.36. The summed E-state index contributed by atoms with van der Waals surface area (Å²) in [6.45, 7) is 17.0. The Hall–Kier alpha value is -0.866. The van der Waals surface area contributed by atoms with Crippen molar-refractivity contribution in [1.82, 2.24) is 0 Å². The van der Waals surface area contributed by atoms with Gasteiger partial charge in [-0.1, -0.05) is 69.4 Å². The third-order valence-corrected chi connectivity index (χ3v) is 11.9. The Morgan fingerprint density at radius 3 is 2.18 bits per heavy atom. The normalized spacial score (nSPS) is 12.7. The van der Waals surface area contributed by atoms with Crippen LogP contribution >= 0.6 is 0 Å². The van der Waals surface area contributed by atoms with Gasteiger partial charge >= 0.3 is 0 Å². The number of rotatable bonds is 6. The van der Waals surface area contributed by atoms with Crippen LogP contribution in [0.1, 0.15) is 27.2 Å². The topological polar surface area (TPSA) is 9.23 Å². The molecule has 0 heterocycles. The average Bonchev–Trinajstić information content (AvgIpc) is 2.42. The summed E-state index contributed by atoms with van der Waals surface area (Å²) in [5.74, 6) is 0. The minimum atomic E-state index is -1.60. The highest BCUT2D eigenvalue weighted by molar-refractivity contribution is 6.93. The fourth-order valence-corrected chi connectivity index (χ4v) is 4.71. The van der Waals surface area contributed by atoms with Crippen LogP contribution in [0.25, 0.3) is 0 Å². The molecule has 0 radical (unpaired) electrons. The van der Waals surface area contributed by atoms with Gasteiger partial charge in [-0.25, -0.2) is 0 Å². The first-order chi connectivity index (χ1) is 10.1. The summed E-state index contributed by atoms with van der Waals surface area (Å²) < 4.78 is 6.18. The Balaban J connectivity index is 2.53. The lowest BCUT2D eigenvalue weighted by atomic mass is 10.2. The quantitative estimate of drug-likeness (QED) is 0.392. The lowest BCUT2D eigenvalue weighted by Gasteiger charge is -2.36. The van der Waals surface area contributed by atoms with Crippen molar-refractivity contribution in [2.45, 2.75) is 58.4 Å². The van der Waals surface area contributed by atoms with Crippen LogP contribution in [0.15, 0.2) is 47.8 Å². The molecule has 0 atom stereocenters. The third kappa shape index (κ3) is 5.73. The van der Waals surface area contributed by atoms with Gasteiger partial charge in [-0.15, -0.1) is 5.73 Å². The average molecular weight is 333 g/mol. The van der Waals surface area contributed by atoms with E-state index in [0.717, 1.165) is 13.0 Å². The van der Waals surface area contributed by atoms with E-state index in [4.69, 9.17) is 4.43 Å². The zero-order chi connectivity index (χ0) is 16.9. The van der Waals surface area contributed by atoms with E-state index in [0.29, 0.717) is 0 Å². The number of benzene rings is 1. The van der Waals surface area contributed by atoms with E-state index in [-0.39, 0.29) is 5.04 Å². The molecule has 0 saturated carbocycles. The van der Waals surface area contributed by atoms with Crippen molar-refractivity contribution >= 4 is 21.6 Å². The summed E-state index contributed by atoms with van der Waals surface area (Å²) in [5, 5.41) is 1.74. The zero-order valence-electron chi connectivity index (χ0n) is 15.4. The van der Waals surface area contributed by atoms with Crippen molar-refractivity contribution in [1.29, 1.82) is 0 Å². The minimum absolute atomic E-state index is 0.286. The highest BCUT2D eigenvalue weighted by Gasteiger charge is 2.36. The third-order valence-electron chi connectivity index (χ3n) is 4.61. The summed E-state index contributed by atoms with van der Waals surface area (Å²) in [6.07, 6.45) is 3.08. The van der Waals surface area contributed by atoms with Crippen LogP contribution in [-0.2, 0) is 4.43 Å². The maximum atomic E-state index is 6.18. The monoisotopic (exact) mass is 332 g/mol. The molecule has 122 valence electrons. The van der Waals surface area contributed by atoms with Gasteiger partial charge in [-0.2, -0.15) is 0 Å². The molecular formula is C19H32OSi2. The van der Waals surface area contributed by atoms with E-state index in [1.54, 1.807) is 0 Å². The fraction of sp³-hybridized carbons (Fsp3) is 0.526. The van der Waals surface area contributed by atoms with E-state index in [1.807, 2.05) is 0 Å². The van der Waals surface area contributed by atoms with Crippen molar-refractivity contribution < 1.29 is 4.43 Å². The minimum Gasteiger partial charge on any atom is -0.416 e. The fourth-order valence-electron chi connectivity index (χ4n) is 1.89. The van der Waals surface area contributed by atoms with Gasteiger partial charge in [0.25, 0.3) is 0 Å². The van der Waals surface area contributed by atoms with Crippen LogP contribution in [-0.4, -0.2) is 23.0 Å². The van der Waals surface area contributed by atoms with Crippen molar-refractivity contribution in [3.05, 3.63) is 47.8 Å². The lowest BCUT2D eigenvalue weighted by molar-refractivity contribution is 0.294. The molecule has 1 nitrogen and oxygen atoms in total. The SMILES string of the molecule is CC(C)(C)[Si](C)(C)OCCC=C=C[Si](C)(C)c1ccccc1. The summed E-state index contributed by atoms with van der Waals surface area (Å²) in [6, 6.07) is 10.8. The van der Waals surface area contributed by atoms with Crippen LogP contribution < -0.4 is 5.19 Å². The number of hydrogen-bond acceptors (Lipinski definition) is 1. The van der Waals surface area contributed by atoms with Gasteiger partial charge in [0.05, 0.1) is 0 Å². The molecule has 0 N–H and O–H groups in total. The summed E-state index contributed by atoms with van der Waals surface area (Å²) in [7, 11) is -3.11. The largest absolute Gasteiger partial charge is 0.416 e. The second-order valence-electron chi connectivity index (χ2n) is 8.00. The Labute approximate surface area is 139 Å². The van der Waals surface area contributed by atoms with Gasteiger partial charge in [0.15, 0.2) is 8.32 Å². The van der Waals surface area contributed by atoms with E-state index in [1.165, 1.54) is 5.19 Å². The molecule has 0 amide bonds. The molecule has 1 rings (SSSR count).